The van der Waals surface area contributed by atoms with Crippen LogP contribution in [0, 0.1) is 16.7 Å². The number of hydrogen-bond acceptors (Lipinski definition) is 9. The molecule has 10 nitrogen and oxygen atoms in total. The van der Waals surface area contributed by atoms with Gasteiger partial charge in [-0.1, -0.05) is 19.4 Å². The molecule has 3 aliphatic heterocycles. The Bertz CT molecular complexity index is 1470. The Balaban J connectivity index is 1.24. The van der Waals surface area contributed by atoms with Crippen LogP contribution >= 0.6 is 11.9 Å². The van der Waals surface area contributed by atoms with Crippen molar-refractivity contribution < 1.29 is 22.7 Å². The van der Waals surface area contributed by atoms with Crippen molar-refractivity contribution in [3.63, 3.8) is 0 Å². The number of aromatic nitrogens is 3. The molecule has 1 amide bonds. The number of pyridine rings is 1. The third-order valence-electron chi connectivity index (χ3n) is 9.47. The van der Waals surface area contributed by atoms with Crippen LogP contribution in [0.3, 0.4) is 0 Å². The molecular weight excluding hydrogens is 605 g/mol. The Morgan fingerprint density at radius 2 is 2.09 bits per heavy atom. The van der Waals surface area contributed by atoms with Crippen LogP contribution in [0.1, 0.15) is 64.5 Å². The number of fused-ring (bicyclic) bond motifs is 5. The minimum absolute atomic E-state index is 0.0705. The number of dihydropyridines is 1. The molecule has 2 fully saturated rings. The highest BCUT2D eigenvalue weighted by Gasteiger charge is 2.62. The predicted octanol–water partition coefficient (Wildman–Crippen LogP) is 5.80. The van der Waals surface area contributed by atoms with Crippen molar-refractivity contribution in [2.75, 3.05) is 25.0 Å². The molecule has 45 heavy (non-hydrogen) atoms. The van der Waals surface area contributed by atoms with E-state index in [1.807, 2.05) is 24.3 Å². The zero-order chi connectivity index (χ0) is 31.7. The van der Waals surface area contributed by atoms with Crippen molar-refractivity contribution in [3.05, 3.63) is 54.0 Å². The number of alkyl halides is 3. The molecule has 14 heteroatoms. The first kappa shape index (κ1) is 31.3. The minimum atomic E-state index is -4.22. The lowest BCUT2D eigenvalue weighted by atomic mass is 9.88. The average molecular weight is 645 g/mol. The molecule has 2 aromatic rings. The van der Waals surface area contributed by atoms with Crippen LogP contribution in [0.4, 0.5) is 19.0 Å². The molecule has 242 valence electrons. The number of rotatable bonds is 7. The van der Waals surface area contributed by atoms with Gasteiger partial charge in [0.25, 0.3) is 5.91 Å². The maximum absolute atomic E-state index is 13.7. The summed E-state index contributed by atoms with van der Waals surface area (Å²) in [5.41, 5.74) is -1.75. The monoisotopic (exact) mass is 644 g/mol. The quantitative estimate of drug-likeness (QED) is 0.221. The molecule has 4 N–H and O–H groups in total. The minimum Gasteiger partial charge on any atom is -0.477 e. The van der Waals surface area contributed by atoms with Gasteiger partial charge in [0.15, 0.2) is 0 Å². The van der Waals surface area contributed by atoms with E-state index in [0.29, 0.717) is 35.3 Å². The van der Waals surface area contributed by atoms with Crippen molar-refractivity contribution in [1.29, 1.82) is 5.41 Å². The second kappa shape index (κ2) is 12.6. The van der Waals surface area contributed by atoms with Gasteiger partial charge in [0.05, 0.1) is 23.1 Å². The van der Waals surface area contributed by atoms with E-state index in [1.54, 1.807) is 23.0 Å². The van der Waals surface area contributed by atoms with Gasteiger partial charge in [-0.05, 0) is 75.1 Å². The first-order valence-electron chi connectivity index (χ1n) is 15.6. The summed E-state index contributed by atoms with van der Waals surface area (Å²) >= 11 is 1.14. The highest BCUT2D eigenvalue weighted by molar-refractivity contribution is 7.97. The molecule has 3 atom stereocenters. The largest absolute Gasteiger partial charge is 0.477 e. The first-order chi connectivity index (χ1) is 21.6. The van der Waals surface area contributed by atoms with Gasteiger partial charge in [-0.2, -0.15) is 13.2 Å². The smallest absolute Gasteiger partial charge is 0.394 e. The SMILES string of the molecule is CCC1(C=N)CC2CCCCNc3cccc(n3)SNC(=O)C3=C(NC(n4ccc(OCCC5(C(F)(F)F)CC5)n4)C=C3)N1C2. The highest BCUT2D eigenvalue weighted by Crippen LogP contribution is 2.59. The van der Waals surface area contributed by atoms with Gasteiger partial charge in [-0.3, -0.25) is 9.52 Å². The molecule has 1 aliphatic carbocycles. The Kier molecular flexibility index (Phi) is 8.77. The number of anilines is 1. The highest BCUT2D eigenvalue weighted by atomic mass is 32.2. The summed E-state index contributed by atoms with van der Waals surface area (Å²) < 4.78 is 50.1. The number of nitrogens with one attached hydrogen (secondary N) is 4. The van der Waals surface area contributed by atoms with Gasteiger partial charge in [-0.25, -0.2) is 9.67 Å². The van der Waals surface area contributed by atoms with E-state index in [1.165, 1.54) is 6.21 Å². The standard InChI is InChI=1S/C31H39F3N8O2S/c1-2-30(20-35)18-21-6-3-4-15-36-23-7-5-8-26(37-23)45-40-28(43)22-9-10-24(38-27(22)41(30)19-21)42-16-11-25(39-42)44-17-14-29(12-13-29)31(32,33)34/h5,7-11,16,20-21,24,35,38H,2-4,6,12-15,17-19H2,1H3,(H,36,37)(H,40,43). The predicted molar refractivity (Wildman–Crippen MR) is 166 cm³/mol. The fourth-order valence-corrected chi connectivity index (χ4v) is 7.11. The molecule has 0 aromatic carbocycles. The molecule has 2 aromatic heterocycles. The lowest BCUT2D eigenvalue weighted by Gasteiger charge is -2.40. The first-order valence-corrected chi connectivity index (χ1v) is 16.4. The number of hydrogen-bond donors (Lipinski definition) is 4. The summed E-state index contributed by atoms with van der Waals surface area (Å²) in [6.07, 6.45) is 6.81. The van der Waals surface area contributed by atoms with Crippen LogP contribution < -0.4 is 20.1 Å². The number of nitrogens with zero attached hydrogens (tertiary/aromatic N) is 4. The topological polar surface area (TPSA) is 120 Å². The number of ether oxygens (including phenoxy) is 1. The summed E-state index contributed by atoms with van der Waals surface area (Å²) in [5, 5.41) is 20.5. The van der Waals surface area contributed by atoms with E-state index in [9.17, 15) is 18.0 Å². The third kappa shape index (κ3) is 6.52. The van der Waals surface area contributed by atoms with E-state index in [-0.39, 0.29) is 37.7 Å². The summed E-state index contributed by atoms with van der Waals surface area (Å²) in [5.74, 6) is 1.66. The fourth-order valence-electron chi connectivity index (χ4n) is 6.52. The molecule has 6 rings (SSSR count). The van der Waals surface area contributed by atoms with Crippen molar-refractivity contribution >= 4 is 29.9 Å². The van der Waals surface area contributed by atoms with Gasteiger partial charge < -0.3 is 25.7 Å². The van der Waals surface area contributed by atoms with Crippen LogP contribution in [-0.4, -0.2) is 63.2 Å². The van der Waals surface area contributed by atoms with E-state index < -0.39 is 23.3 Å². The Morgan fingerprint density at radius 3 is 2.84 bits per heavy atom. The van der Waals surface area contributed by atoms with E-state index in [0.717, 1.165) is 50.0 Å². The lowest BCUT2D eigenvalue weighted by Crippen LogP contribution is -2.50. The summed E-state index contributed by atoms with van der Waals surface area (Å²) in [6, 6.07) is 7.28. The number of halogens is 3. The molecule has 1 saturated carbocycles. The van der Waals surface area contributed by atoms with Crippen LogP contribution in [0.25, 0.3) is 0 Å². The molecule has 5 heterocycles. The van der Waals surface area contributed by atoms with Gasteiger partial charge in [0, 0.05) is 43.5 Å². The number of carbonyl (C=O) groups is 1. The maximum atomic E-state index is 13.7. The average Bonchev–Trinajstić information content (AvgIpc) is 3.54. The Morgan fingerprint density at radius 1 is 1.24 bits per heavy atom. The van der Waals surface area contributed by atoms with Gasteiger partial charge >= 0.3 is 6.18 Å². The second-order valence-corrected chi connectivity index (χ2v) is 13.1. The molecule has 3 unspecified atom stereocenters. The Labute approximate surface area is 264 Å². The summed E-state index contributed by atoms with van der Waals surface area (Å²) in [7, 11) is 0. The second-order valence-electron chi connectivity index (χ2n) is 12.3. The molecular formula is C31H39F3N8O2S. The van der Waals surface area contributed by atoms with Crippen LogP contribution in [0.2, 0.25) is 0 Å². The van der Waals surface area contributed by atoms with Gasteiger partial charge in [-0.15, -0.1) is 5.10 Å². The molecule has 4 bridgehead atoms. The van der Waals surface area contributed by atoms with Crippen LogP contribution in [0.15, 0.2) is 59.0 Å². The number of carbonyl (C=O) groups excluding carboxylic acids is 1. The zero-order valence-electron chi connectivity index (χ0n) is 25.2. The number of amides is 1. The maximum Gasteiger partial charge on any atom is 0.394 e. The molecule has 0 radical (unpaired) electrons. The molecule has 4 aliphatic rings. The van der Waals surface area contributed by atoms with Gasteiger partial charge in [0.2, 0.25) is 5.88 Å². The third-order valence-corrected chi connectivity index (χ3v) is 10.2. The zero-order valence-corrected chi connectivity index (χ0v) is 26.0. The van der Waals surface area contributed by atoms with E-state index in [4.69, 9.17) is 10.1 Å². The van der Waals surface area contributed by atoms with Crippen molar-refractivity contribution in [3.8, 4) is 5.88 Å². The van der Waals surface area contributed by atoms with Crippen molar-refractivity contribution in [1.82, 2.24) is 29.7 Å². The van der Waals surface area contributed by atoms with Crippen LogP contribution in [0.5, 0.6) is 5.88 Å². The lowest BCUT2D eigenvalue weighted by molar-refractivity contribution is -0.190. The van der Waals surface area contributed by atoms with E-state index in [2.05, 4.69) is 37.3 Å². The molecule has 0 spiro atoms. The summed E-state index contributed by atoms with van der Waals surface area (Å²) in [4.78, 5) is 20.5. The fraction of sp³-hybridized carbons (Fsp3) is 0.548. The Hall–Kier alpha value is -3.68. The normalized spacial score (nSPS) is 26.4. The summed E-state index contributed by atoms with van der Waals surface area (Å²) in [6.45, 7) is 3.49. The van der Waals surface area contributed by atoms with E-state index >= 15 is 0 Å². The van der Waals surface area contributed by atoms with Gasteiger partial charge in [0.1, 0.15) is 22.8 Å². The van der Waals surface area contributed by atoms with Crippen molar-refractivity contribution in [2.45, 2.75) is 81.2 Å². The van der Waals surface area contributed by atoms with Crippen molar-refractivity contribution in [2.24, 2.45) is 11.3 Å². The van der Waals surface area contributed by atoms with Crippen LogP contribution in [-0.2, 0) is 4.79 Å². The molecule has 1 saturated heterocycles.